The van der Waals surface area contributed by atoms with Crippen LogP contribution in [0.3, 0.4) is 0 Å². The van der Waals surface area contributed by atoms with Gasteiger partial charge >= 0.3 is 0 Å². The minimum Gasteiger partial charge on any atom is -0.295 e. The maximum Gasteiger partial charge on any atom is 0.261 e. The first-order valence-corrected chi connectivity index (χ1v) is 7.42. The third-order valence-corrected chi connectivity index (χ3v) is 4.23. The Labute approximate surface area is 124 Å². The molecule has 0 aliphatic rings. The van der Waals surface area contributed by atoms with Crippen molar-refractivity contribution in [2.45, 2.75) is 40.1 Å². The Morgan fingerprint density at radius 1 is 1.30 bits per heavy atom. The molecular weight excluding hydrogens is 272 g/mol. The first kappa shape index (κ1) is 15.0. The first-order chi connectivity index (χ1) is 9.34. The molecule has 4 heteroatoms. The van der Waals surface area contributed by atoms with E-state index in [1.54, 1.807) is 4.57 Å². The number of aromatic nitrogens is 2. The monoisotopic (exact) mass is 292 g/mol. The van der Waals surface area contributed by atoms with Gasteiger partial charge in [0.15, 0.2) is 0 Å². The second-order valence-electron chi connectivity index (χ2n) is 6.36. The molecule has 20 heavy (non-hydrogen) atoms. The van der Waals surface area contributed by atoms with Crippen LogP contribution in [-0.2, 0) is 12.4 Å². The van der Waals surface area contributed by atoms with Crippen LogP contribution in [0.1, 0.15) is 33.5 Å². The smallest absolute Gasteiger partial charge is 0.261 e. The predicted octanol–water partition coefficient (Wildman–Crippen LogP) is 3.82. The van der Waals surface area contributed by atoms with Crippen molar-refractivity contribution in [1.29, 1.82) is 0 Å². The number of nitrogens with zero attached hydrogens (tertiary/aromatic N) is 2. The molecule has 0 saturated carbocycles. The van der Waals surface area contributed by atoms with Crippen molar-refractivity contribution in [3.8, 4) is 0 Å². The summed E-state index contributed by atoms with van der Waals surface area (Å²) >= 11 is 5.98. The van der Waals surface area contributed by atoms with Crippen molar-refractivity contribution >= 4 is 22.5 Å². The predicted molar refractivity (Wildman–Crippen MR) is 84.2 cm³/mol. The number of halogens is 1. The second kappa shape index (κ2) is 5.57. The van der Waals surface area contributed by atoms with E-state index >= 15 is 0 Å². The summed E-state index contributed by atoms with van der Waals surface area (Å²) in [4.78, 5) is 17.2. The van der Waals surface area contributed by atoms with Gasteiger partial charge in [-0.3, -0.25) is 9.36 Å². The molecule has 108 valence electrons. The molecule has 0 aliphatic carbocycles. The van der Waals surface area contributed by atoms with E-state index in [9.17, 15) is 4.79 Å². The largest absolute Gasteiger partial charge is 0.295 e. The summed E-state index contributed by atoms with van der Waals surface area (Å²) in [5, 5.41) is 0.655. The standard InChI is InChI=1S/C16H21ClN2O/c1-11(16(2,3)4)10-19-14(9-17)18-13-8-6-5-7-12(13)15(19)20/h5-8,11H,9-10H2,1-4H3. The van der Waals surface area contributed by atoms with Gasteiger partial charge in [-0.15, -0.1) is 11.6 Å². The Morgan fingerprint density at radius 3 is 2.55 bits per heavy atom. The van der Waals surface area contributed by atoms with Gasteiger partial charge in [-0.2, -0.15) is 0 Å². The van der Waals surface area contributed by atoms with Gasteiger partial charge < -0.3 is 0 Å². The highest BCUT2D eigenvalue weighted by molar-refractivity contribution is 6.16. The van der Waals surface area contributed by atoms with Gasteiger partial charge in [-0.05, 0) is 23.5 Å². The van der Waals surface area contributed by atoms with Crippen LogP contribution in [0.25, 0.3) is 10.9 Å². The topological polar surface area (TPSA) is 34.9 Å². The third-order valence-electron chi connectivity index (χ3n) is 4.00. The molecule has 1 atom stereocenters. The van der Waals surface area contributed by atoms with Crippen molar-refractivity contribution in [1.82, 2.24) is 9.55 Å². The van der Waals surface area contributed by atoms with E-state index in [2.05, 4.69) is 32.7 Å². The van der Waals surface area contributed by atoms with Gasteiger partial charge in [0.25, 0.3) is 5.56 Å². The van der Waals surface area contributed by atoms with Crippen LogP contribution in [0, 0.1) is 11.3 Å². The normalized spacial score (nSPS) is 13.7. The Balaban J connectivity index is 2.57. The number of hydrogen-bond donors (Lipinski definition) is 0. The third kappa shape index (κ3) is 2.88. The molecular formula is C16H21ClN2O. The van der Waals surface area contributed by atoms with E-state index in [0.29, 0.717) is 29.2 Å². The molecule has 0 saturated heterocycles. The molecule has 0 radical (unpaired) electrons. The van der Waals surface area contributed by atoms with Gasteiger partial charge in [-0.25, -0.2) is 4.98 Å². The minimum absolute atomic E-state index is 0.00218. The zero-order valence-electron chi connectivity index (χ0n) is 12.5. The van der Waals surface area contributed by atoms with E-state index < -0.39 is 0 Å². The number of fused-ring (bicyclic) bond motifs is 1. The number of rotatable bonds is 3. The number of para-hydroxylation sites is 1. The fourth-order valence-electron chi connectivity index (χ4n) is 2.05. The Hall–Kier alpha value is -1.35. The van der Waals surface area contributed by atoms with Crippen LogP contribution >= 0.6 is 11.6 Å². The molecule has 1 aromatic carbocycles. The number of benzene rings is 1. The lowest BCUT2D eigenvalue weighted by Crippen LogP contribution is -2.31. The van der Waals surface area contributed by atoms with Crippen LogP contribution in [0.15, 0.2) is 29.1 Å². The SMILES string of the molecule is CC(Cn1c(CCl)nc2ccccc2c1=O)C(C)(C)C. The summed E-state index contributed by atoms with van der Waals surface area (Å²) in [6.45, 7) is 9.33. The summed E-state index contributed by atoms with van der Waals surface area (Å²) in [5.74, 6) is 1.24. The molecule has 0 N–H and O–H groups in total. The van der Waals surface area contributed by atoms with Crippen molar-refractivity contribution < 1.29 is 0 Å². The van der Waals surface area contributed by atoms with E-state index in [1.165, 1.54) is 0 Å². The highest BCUT2D eigenvalue weighted by Gasteiger charge is 2.22. The van der Waals surface area contributed by atoms with Crippen LogP contribution in [-0.4, -0.2) is 9.55 Å². The zero-order valence-corrected chi connectivity index (χ0v) is 13.2. The number of alkyl halides is 1. The van der Waals surface area contributed by atoms with Gasteiger partial charge in [0.1, 0.15) is 5.82 Å². The van der Waals surface area contributed by atoms with Crippen LogP contribution in [0.4, 0.5) is 0 Å². The molecule has 0 bridgehead atoms. The average molecular weight is 293 g/mol. The summed E-state index contributed by atoms with van der Waals surface area (Å²) < 4.78 is 1.73. The molecule has 2 rings (SSSR count). The van der Waals surface area contributed by atoms with E-state index in [0.717, 1.165) is 0 Å². The van der Waals surface area contributed by atoms with E-state index in [1.807, 2.05) is 24.3 Å². The lowest BCUT2D eigenvalue weighted by molar-refractivity contribution is 0.229. The fraction of sp³-hybridized carbons (Fsp3) is 0.500. The fourth-order valence-corrected chi connectivity index (χ4v) is 2.26. The Morgan fingerprint density at radius 2 is 1.95 bits per heavy atom. The number of hydrogen-bond acceptors (Lipinski definition) is 2. The van der Waals surface area contributed by atoms with Crippen molar-refractivity contribution in [2.24, 2.45) is 11.3 Å². The molecule has 1 aromatic heterocycles. The maximum atomic E-state index is 12.6. The van der Waals surface area contributed by atoms with Crippen molar-refractivity contribution in [2.75, 3.05) is 0 Å². The summed E-state index contributed by atoms with van der Waals surface area (Å²) in [7, 11) is 0. The summed E-state index contributed by atoms with van der Waals surface area (Å²) in [5.41, 5.74) is 0.851. The van der Waals surface area contributed by atoms with Crippen LogP contribution in [0.5, 0.6) is 0 Å². The Kier molecular flexibility index (Phi) is 4.19. The molecule has 0 fully saturated rings. The molecule has 0 aliphatic heterocycles. The second-order valence-corrected chi connectivity index (χ2v) is 6.63. The minimum atomic E-state index is 0.00218. The quantitative estimate of drug-likeness (QED) is 0.806. The molecule has 0 spiro atoms. The Bertz CT molecular complexity index is 670. The van der Waals surface area contributed by atoms with E-state index in [-0.39, 0.29) is 16.9 Å². The molecule has 0 amide bonds. The van der Waals surface area contributed by atoms with Crippen molar-refractivity contribution in [3.05, 3.63) is 40.4 Å². The first-order valence-electron chi connectivity index (χ1n) is 6.89. The van der Waals surface area contributed by atoms with Crippen molar-refractivity contribution in [3.63, 3.8) is 0 Å². The maximum absolute atomic E-state index is 12.6. The molecule has 2 aromatic rings. The lowest BCUT2D eigenvalue weighted by Gasteiger charge is -2.28. The van der Waals surface area contributed by atoms with Gasteiger partial charge in [-0.1, -0.05) is 39.8 Å². The average Bonchev–Trinajstić information content (AvgIpc) is 2.40. The van der Waals surface area contributed by atoms with Gasteiger partial charge in [0.05, 0.1) is 16.8 Å². The molecule has 1 heterocycles. The lowest BCUT2D eigenvalue weighted by atomic mass is 9.82. The summed E-state index contributed by atoms with van der Waals surface area (Å²) in [6.07, 6.45) is 0. The van der Waals surface area contributed by atoms with Crippen LogP contribution < -0.4 is 5.56 Å². The highest BCUT2D eigenvalue weighted by atomic mass is 35.5. The van der Waals surface area contributed by atoms with Gasteiger partial charge in [0, 0.05) is 6.54 Å². The summed E-state index contributed by atoms with van der Waals surface area (Å²) in [6, 6.07) is 7.42. The highest BCUT2D eigenvalue weighted by Crippen LogP contribution is 2.26. The zero-order chi connectivity index (χ0) is 14.9. The van der Waals surface area contributed by atoms with Crippen LogP contribution in [0.2, 0.25) is 0 Å². The molecule has 3 nitrogen and oxygen atoms in total. The van der Waals surface area contributed by atoms with E-state index in [4.69, 9.17) is 11.6 Å². The molecule has 1 unspecified atom stereocenters. The van der Waals surface area contributed by atoms with Gasteiger partial charge in [0.2, 0.25) is 0 Å².